The minimum atomic E-state index is -4.64. The molecule has 0 spiro atoms. The summed E-state index contributed by atoms with van der Waals surface area (Å²) in [5.74, 6) is 0.596. The van der Waals surface area contributed by atoms with Crippen LogP contribution in [0.15, 0.2) is 55.0 Å². The molecule has 1 fully saturated rings. The lowest BCUT2D eigenvalue weighted by Gasteiger charge is -2.39. The smallest absolute Gasteiger partial charge is 0.389 e. The van der Waals surface area contributed by atoms with Gasteiger partial charge in [0.15, 0.2) is 11.5 Å². The maximum absolute atomic E-state index is 14.2. The first-order valence-electron chi connectivity index (χ1n) is 14.0. The number of pyridine rings is 2. The summed E-state index contributed by atoms with van der Waals surface area (Å²) in [5.41, 5.74) is 4.09. The van der Waals surface area contributed by atoms with Crippen molar-refractivity contribution in [3.63, 3.8) is 0 Å². The monoisotopic (exact) mass is 590 g/mol. The number of alkyl halides is 3. The van der Waals surface area contributed by atoms with E-state index < -0.39 is 18.0 Å². The molecule has 4 aromatic heterocycles. The molecule has 1 aromatic carbocycles. The highest BCUT2D eigenvalue weighted by Gasteiger charge is 2.42. The van der Waals surface area contributed by atoms with Gasteiger partial charge in [-0.3, -0.25) is 14.5 Å². The molecule has 43 heavy (non-hydrogen) atoms. The number of rotatable bonds is 6. The van der Waals surface area contributed by atoms with Gasteiger partial charge in [0, 0.05) is 42.0 Å². The third-order valence-electron chi connectivity index (χ3n) is 8.03. The van der Waals surface area contributed by atoms with Crippen LogP contribution in [0.5, 0.6) is 0 Å². The third-order valence-corrected chi connectivity index (χ3v) is 8.03. The quantitative estimate of drug-likeness (QED) is 0.288. The Morgan fingerprint density at radius 2 is 1.88 bits per heavy atom. The molecule has 7 rings (SSSR count). The number of hydrogen-bond donors (Lipinski definition) is 2. The molecule has 5 aromatic rings. The van der Waals surface area contributed by atoms with Crippen LogP contribution in [0.2, 0.25) is 0 Å². The van der Waals surface area contributed by atoms with Gasteiger partial charge in [-0.15, -0.1) is 0 Å². The molecular formula is C30H29F3N8O2. The third kappa shape index (κ3) is 5.02. The number of nitrogens with one attached hydrogen (secondary N) is 1. The molecule has 222 valence electrons. The zero-order chi connectivity index (χ0) is 29.9. The van der Waals surface area contributed by atoms with Gasteiger partial charge in [-0.1, -0.05) is 0 Å². The lowest BCUT2D eigenvalue weighted by molar-refractivity contribution is -0.142. The van der Waals surface area contributed by atoms with Crippen LogP contribution in [-0.2, 0) is 23.9 Å². The predicted octanol–water partition coefficient (Wildman–Crippen LogP) is 4.88. The fraction of sp³-hybridized carbons (Fsp3) is 0.333. The SMILES string of the molecule is Cc1ccc(Nc2ccc3c(c2)ncn3-c2ccc(C(C)O)c(-n3nc(C(F)(F)F)c4c3CCN(C3COC3)C4)n2)cn1. The van der Waals surface area contributed by atoms with Gasteiger partial charge in [0.2, 0.25) is 0 Å². The minimum Gasteiger partial charge on any atom is -0.389 e. The van der Waals surface area contributed by atoms with E-state index in [0.717, 1.165) is 22.6 Å². The second-order valence-corrected chi connectivity index (χ2v) is 11.0. The van der Waals surface area contributed by atoms with E-state index in [1.54, 1.807) is 36.1 Å². The van der Waals surface area contributed by atoms with E-state index in [2.05, 4.69) is 20.4 Å². The molecule has 2 N–H and O–H groups in total. The minimum absolute atomic E-state index is 0.103. The van der Waals surface area contributed by atoms with Crippen LogP contribution in [0.4, 0.5) is 24.5 Å². The van der Waals surface area contributed by atoms with Gasteiger partial charge in [0.1, 0.15) is 12.1 Å². The number of anilines is 2. The Labute approximate surface area is 244 Å². The van der Waals surface area contributed by atoms with Crippen molar-refractivity contribution in [2.75, 3.05) is 25.1 Å². The molecule has 1 unspecified atom stereocenters. The molecule has 13 heteroatoms. The van der Waals surface area contributed by atoms with Crippen LogP contribution in [0.25, 0.3) is 22.7 Å². The van der Waals surface area contributed by atoms with E-state index in [4.69, 9.17) is 9.72 Å². The number of aryl methyl sites for hydroxylation is 1. The van der Waals surface area contributed by atoms with Gasteiger partial charge in [-0.05, 0) is 56.3 Å². The van der Waals surface area contributed by atoms with Gasteiger partial charge >= 0.3 is 6.18 Å². The van der Waals surface area contributed by atoms with Crippen molar-refractivity contribution in [1.82, 2.24) is 34.2 Å². The van der Waals surface area contributed by atoms with Crippen molar-refractivity contribution in [3.8, 4) is 11.6 Å². The Bertz CT molecular complexity index is 1810. The maximum Gasteiger partial charge on any atom is 0.435 e. The summed E-state index contributed by atoms with van der Waals surface area (Å²) < 4.78 is 51.0. The molecule has 0 saturated carbocycles. The summed E-state index contributed by atoms with van der Waals surface area (Å²) in [6, 6.07) is 13.1. The van der Waals surface area contributed by atoms with Crippen molar-refractivity contribution < 1.29 is 23.0 Å². The summed E-state index contributed by atoms with van der Waals surface area (Å²) in [5, 5.41) is 18.0. The van der Waals surface area contributed by atoms with E-state index in [1.165, 1.54) is 4.68 Å². The van der Waals surface area contributed by atoms with Crippen molar-refractivity contribution in [3.05, 3.63) is 83.2 Å². The molecule has 2 aliphatic rings. The van der Waals surface area contributed by atoms with Gasteiger partial charge in [-0.25, -0.2) is 14.6 Å². The van der Waals surface area contributed by atoms with E-state index >= 15 is 0 Å². The maximum atomic E-state index is 14.2. The summed E-state index contributed by atoms with van der Waals surface area (Å²) in [6.45, 7) is 5.22. The number of nitrogens with zero attached hydrogens (tertiary/aromatic N) is 7. The zero-order valence-electron chi connectivity index (χ0n) is 23.5. The second kappa shape index (κ2) is 10.4. The van der Waals surface area contributed by atoms with Crippen molar-refractivity contribution >= 4 is 22.4 Å². The second-order valence-electron chi connectivity index (χ2n) is 11.0. The van der Waals surface area contributed by atoms with Gasteiger partial charge in [-0.2, -0.15) is 18.3 Å². The molecule has 0 aliphatic carbocycles. The van der Waals surface area contributed by atoms with E-state index in [-0.39, 0.29) is 24.0 Å². The Morgan fingerprint density at radius 1 is 1.07 bits per heavy atom. The molecule has 1 saturated heterocycles. The first kappa shape index (κ1) is 27.5. The average molecular weight is 591 g/mol. The van der Waals surface area contributed by atoms with Crippen molar-refractivity contribution in [2.24, 2.45) is 0 Å². The van der Waals surface area contributed by atoms with E-state index in [1.807, 2.05) is 42.2 Å². The van der Waals surface area contributed by atoms with Crippen LogP contribution < -0.4 is 5.32 Å². The molecule has 2 aliphatic heterocycles. The van der Waals surface area contributed by atoms with Crippen LogP contribution in [0.3, 0.4) is 0 Å². The van der Waals surface area contributed by atoms with Crippen molar-refractivity contribution in [1.29, 1.82) is 0 Å². The summed E-state index contributed by atoms with van der Waals surface area (Å²) in [4.78, 5) is 15.7. The summed E-state index contributed by atoms with van der Waals surface area (Å²) in [7, 11) is 0. The highest BCUT2D eigenvalue weighted by molar-refractivity contribution is 5.82. The zero-order valence-corrected chi connectivity index (χ0v) is 23.5. The summed E-state index contributed by atoms with van der Waals surface area (Å²) >= 11 is 0. The number of benzene rings is 1. The number of ether oxygens (including phenoxy) is 1. The Hall–Kier alpha value is -4.33. The van der Waals surface area contributed by atoms with Gasteiger partial charge in [0.25, 0.3) is 0 Å². The number of aliphatic hydroxyl groups is 1. The van der Waals surface area contributed by atoms with Gasteiger partial charge < -0.3 is 15.2 Å². The molecule has 10 nitrogen and oxygen atoms in total. The topological polar surface area (TPSA) is 106 Å². The first-order valence-corrected chi connectivity index (χ1v) is 14.0. The number of hydrogen-bond acceptors (Lipinski definition) is 8. The van der Waals surface area contributed by atoms with Crippen LogP contribution in [0, 0.1) is 6.92 Å². The predicted molar refractivity (Wildman–Crippen MR) is 153 cm³/mol. The number of imidazole rings is 1. The Kier molecular flexibility index (Phi) is 6.67. The molecule has 0 amide bonds. The lowest BCUT2D eigenvalue weighted by Crippen LogP contribution is -2.50. The van der Waals surface area contributed by atoms with Crippen LogP contribution in [-0.4, -0.2) is 65.1 Å². The molecule has 0 bridgehead atoms. The number of fused-ring (bicyclic) bond motifs is 2. The van der Waals surface area contributed by atoms with Crippen molar-refractivity contribution in [2.45, 2.75) is 45.1 Å². The summed E-state index contributed by atoms with van der Waals surface area (Å²) in [6.07, 6.45) is -1.89. The van der Waals surface area contributed by atoms with E-state index in [0.29, 0.717) is 48.8 Å². The van der Waals surface area contributed by atoms with Crippen LogP contribution >= 0.6 is 0 Å². The molecule has 0 radical (unpaired) electrons. The number of aromatic nitrogens is 6. The van der Waals surface area contributed by atoms with E-state index in [9.17, 15) is 18.3 Å². The average Bonchev–Trinajstić information content (AvgIpc) is 3.54. The van der Waals surface area contributed by atoms with Crippen LogP contribution in [0.1, 0.15) is 41.2 Å². The highest BCUT2D eigenvalue weighted by Crippen LogP contribution is 2.38. The number of halogens is 3. The normalized spacial score (nSPS) is 16.7. The number of aliphatic hydroxyl groups excluding tert-OH is 1. The molecule has 6 heterocycles. The highest BCUT2D eigenvalue weighted by atomic mass is 19.4. The standard InChI is InChI=1S/C30H29F3N8O2/c1-17-3-4-20(12-34-17)36-19-5-7-26-24(11-19)35-16-40(26)27-8-6-22(18(2)42)29(37-27)41-25-9-10-39(21-14-43-15-21)13-23(25)28(38-41)30(31,32)33/h3-8,11-12,16,18,21,36,42H,9-10,13-15H2,1-2H3. The first-order chi connectivity index (χ1) is 20.7. The fourth-order valence-corrected chi connectivity index (χ4v) is 5.65. The Morgan fingerprint density at radius 3 is 2.58 bits per heavy atom. The molecular weight excluding hydrogens is 561 g/mol. The Balaban J connectivity index is 1.28. The molecule has 1 atom stereocenters. The van der Waals surface area contributed by atoms with Gasteiger partial charge in [0.05, 0.1) is 54.0 Å². The largest absolute Gasteiger partial charge is 0.435 e. The fourth-order valence-electron chi connectivity index (χ4n) is 5.65. The lowest BCUT2D eigenvalue weighted by atomic mass is 10.0.